The van der Waals surface area contributed by atoms with Crippen LogP contribution in [0.25, 0.3) is 11.8 Å². The molecule has 0 saturated carbocycles. The first-order valence-corrected chi connectivity index (χ1v) is 5.26. The maximum absolute atomic E-state index is 3.84. The summed E-state index contributed by atoms with van der Waals surface area (Å²) in [4.78, 5) is 0. The molecule has 1 heterocycles. The van der Waals surface area contributed by atoms with Crippen LogP contribution in [0.3, 0.4) is 0 Å². The molecule has 2 rings (SSSR count). The molecule has 0 spiro atoms. The van der Waals surface area contributed by atoms with Gasteiger partial charge in [0.15, 0.2) is 12.4 Å². The number of hydrogen-bond donors (Lipinski definition) is 0. The van der Waals surface area contributed by atoms with E-state index in [2.05, 4.69) is 24.8 Å². The van der Waals surface area contributed by atoms with E-state index >= 15 is 0 Å². The van der Waals surface area contributed by atoms with Crippen LogP contribution in [0.1, 0.15) is 5.56 Å². The molecule has 0 amide bonds. The summed E-state index contributed by atoms with van der Waals surface area (Å²) in [6, 6.07) is 16.2. The molecule has 2 aromatic rings. The zero-order valence-corrected chi connectivity index (χ0v) is 9.08. The number of nitrogens with zero attached hydrogens (tertiary/aromatic N) is 1. The van der Waals surface area contributed by atoms with E-state index in [0.29, 0.717) is 0 Å². The minimum atomic E-state index is 1.06. The van der Waals surface area contributed by atoms with Gasteiger partial charge in [0.05, 0.1) is 0 Å². The van der Waals surface area contributed by atoms with Gasteiger partial charge in [0.1, 0.15) is 0 Å². The van der Waals surface area contributed by atoms with E-state index in [9.17, 15) is 0 Å². The normalized spacial score (nSPS) is 11.1. The molecule has 1 nitrogen and oxygen atoms in total. The molecule has 0 N–H and O–H groups in total. The van der Waals surface area contributed by atoms with E-state index in [1.54, 1.807) is 0 Å². The molecular weight excluding hydrogens is 194 g/mol. The molecule has 0 bridgehead atoms. The smallest absolute Gasteiger partial charge is 0.167 e. The van der Waals surface area contributed by atoms with Crippen molar-refractivity contribution in [2.24, 2.45) is 0 Å². The van der Waals surface area contributed by atoms with Crippen LogP contribution < -0.4 is 4.57 Å². The van der Waals surface area contributed by atoms with Gasteiger partial charge in [-0.1, -0.05) is 43.0 Å². The van der Waals surface area contributed by atoms with Gasteiger partial charge in [-0.3, -0.25) is 0 Å². The third-order valence-corrected chi connectivity index (χ3v) is 2.34. The Balaban J connectivity index is 2.38. The van der Waals surface area contributed by atoms with E-state index in [1.165, 1.54) is 5.56 Å². The average molecular weight is 208 g/mol. The molecule has 0 unspecified atom stereocenters. The number of benzene rings is 1. The number of hydrogen-bond acceptors (Lipinski definition) is 0. The Labute approximate surface area is 96.0 Å². The monoisotopic (exact) mass is 208 g/mol. The fourth-order valence-electron chi connectivity index (χ4n) is 1.53. The molecule has 16 heavy (non-hydrogen) atoms. The lowest BCUT2D eigenvalue weighted by atomic mass is 10.2. The number of aromatic nitrogens is 1. The Kier molecular flexibility index (Phi) is 3.29. The average Bonchev–Trinajstić information content (AvgIpc) is 2.38. The molecule has 0 radical (unpaired) electrons. The van der Waals surface area contributed by atoms with Crippen molar-refractivity contribution in [1.29, 1.82) is 0 Å². The molecule has 0 saturated heterocycles. The Morgan fingerprint density at radius 2 is 1.56 bits per heavy atom. The quantitative estimate of drug-likeness (QED) is 0.539. The molecule has 0 aliphatic rings. The van der Waals surface area contributed by atoms with Crippen molar-refractivity contribution in [3.8, 4) is 0 Å². The van der Waals surface area contributed by atoms with Gasteiger partial charge in [0.2, 0.25) is 5.70 Å². The molecule has 0 fully saturated rings. The van der Waals surface area contributed by atoms with Gasteiger partial charge in [-0.2, -0.15) is 4.57 Å². The van der Waals surface area contributed by atoms with Crippen molar-refractivity contribution >= 4 is 11.8 Å². The van der Waals surface area contributed by atoms with E-state index in [1.807, 2.05) is 59.4 Å². The lowest BCUT2D eigenvalue weighted by Crippen LogP contribution is -2.29. The fourth-order valence-corrected chi connectivity index (χ4v) is 1.53. The number of allylic oxidation sites excluding steroid dienone is 2. The van der Waals surface area contributed by atoms with Crippen molar-refractivity contribution in [1.82, 2.24) is 0 Å². The first-order chi connectivity index (χ1) is 7.90. The van der Waals surface area contributed by atoms with E-state index < -0.39 is 0 Å². The zero-order valence-electron chi connectivity index (χ0n) is 9.08. The molecule has 0 aliphatic heterocycles. The van der Waals surface area contributed by atoms with Crippen molar-refractivity contribution in [2.45, 2.75) is 0 Å². The second-order valence-electron chi connectivity index (χ2n) is 3.47. The maximum Gasteiger partial charge on any atom is 0.210 e. The summed E-state index contributed by atoms with van der Waals surface area (Å²) in [7, 11) is 0. The van der Waals surface area contributed by atoms with Gasteiger partial charge in [-0.25, -0.2) is 0 Å². The molecular formula is C15H14N+. The minimum Gasteiger partial charge on any atom is -0.167 e. The fraction of sp³-hybridized carbons (Fsp3) is 0. The van der Waals surface area contributed by atoms with Crippen LogP contribution in [-0.4, -0.2) is 0 Å². The van der Waals surface area contributed by atoms with Gasteiger partial charge in [0.25, 0.3) is 0 Å². The Morgan fingerprint density at radius 3 is 2.19 bits per heavy atom. The van der Waals surface area contributed by atoms with E-state index in [4.69, 9.17) is 0 Å². The van der Waals surface area contributed by atoms with Crippen molar-refractivity contribution < 1.29 is 4.57 Å². The van der Waals surface area contributed by atoms with Gasteiger partial charge in [-0.15, -0.1) is 0 Å². The van der Waals surface area contributed by atoms with E-state index in [-0.39, 0.29) is 0 Å². The Bertz CT molecular complexity index is 483. The first-order valence-electron chi connectivity index (χ1n) is 5.26. The first kappa shape index (κ1) is 10.4. The predicted octanol–water partition coefficient (Wildman–Crippen LogP) is 3.16. The summed E-state index contributed by atoms with van der Waals surface area (Å²) in [5.74, 6) is 0. The van der Waals surface area contributed by atoms with Crippen molar-refractivity contribution in [3.05, 3.63) is 79.1 Å². The van der Waals surface area contributed by atoms with Crippen LogP contribution in [0.15, 0.2) is 73.6 Å². The Hall–Kier alpha value is -2.15. The zero-order chi connectivity index (χ0) is 11.2. The third kappa shape index (κ3) is 2.45. The SMILES string of the molecule is C=CC(=Cc1ccccc1)[n+]1ccccc1. The third-order valence-electron chi connectivity index (χ3n) is 2.34. The predicted molar refractivity (Wildman–Crippen MR) is 67.4 cm³/mol. The van der Waals surface area contributed by atoms with Crippen LogP contribution >= 0.6 is 0 Å². The summed E-state index contributed by atoms with van der Waals surface area (Å²) in [5.41, 5.74) is 2.24. The number of rotatable bonds is 3. The standard InChI is InChI=1S/C15H14N/c1-2-15(16-11-7-4-8-12-16)13-14-9-5-3-6-10-14/h2-13H,1H2/q+1. The topological polar surface area (TPSA) is 3.88 Å². The van der Waals surface area contributed by atoms with Crippen LogP contribution in [0, 0.1) is 0 Å². The lowest BCUT2D eigenvalue weighted by Gasteiger charge is -1.96. The van der Waals surface area contributed by atoms with Crippen LogP contribution in [0.5, 0.6) is 0 Å². The molecule has 1 aromatic heterocycles. The molecule has 78 valence electrons. The molecule has 0 atom stereocenters. The Morgan fingerprint density at radius 1 is 0.938 bits per heavy atom. The molecule has 1 aromatic carbocycles. The highest BCUT2D eigenvalue weighted by Gasteiger charge is 2.03. The summed E-state index contributed by atoms with van der Waals surface area (Å²) in [6.07, 6.45) is 7.98. The van der Waals surface area contributed by atoms with Crippen molar-refractivity contribution in [2.75, 3.05) is 0 Å². The largest absolute Gasteiger partial charge is 0.210 e. The summed E-state index contributed by atoms with van der Waals surface area (Å²) >= 11 is 0. The number of pyridine rings is 1. The minimum absolute atomic E-state index is 1.06. The lowest BCUT2D eigenvalue weighted by molar-refractivity contribution is -0.577. The summed E-state index contributed by atoms with van der Waals surface area (Å²) in [6.45, 7) is 3.84. The van der Waals surface area contributed by atoms with Gasteiger partial charge < -0.3 is 0 Å². The summed E-state index contributed by atoms with van der Waals surface area (Å²) in [5, 5.41) is 0. The second-order valence-corrected chi connectivity index (χ2v) is 3.47. The van der Waals surface area contributed by atoms with Gasteiger partial charge >= 0.3 is 0 Å². The highest BCUT2D eigenvalue weighted by atomic mass is 14.9. The van der Waals surface area contributed by atoms with Gasteiger partial charge in [0, 0.05) is 24.3 Å². The maximum atomic E-state index is 3.84. The van der Waals surface area contributed by atoms with Crippen LogP contribution in [0.4, 0.5) is 0 Å². The highest BCUT2D eigenvalue weighted by Crippen LogP contribution is 2.06. The second kappa shape index (κ2) is 5.08. The van der Waals surface area contributed by atoms with Crippen LogP contribution in [-0.2, 0) is 0 Å². The summed E-state index contributed by atoms with van der Waals surface area (Å²) < 4.78 is 2.04. The molecule has 0 aliphatic carbocycles. The van der Waals surface area contributed by atoms with Crippen LogP contribution in [0.2, 0.25) is 0 Å². The van der Waals surface area contributed by atoms with Gasteiger partial charge in [-0.05, 0) is 5.56 Å². The van der Waals surface area contributed by atoms with Crippen molar-refractivity contribution in [3.63, 3.8) is 0 Å². The highest BCUT2D eigenvalue weighted by molar-refractivity contribution is 5.70. The molecule has 1 heteroatoms. The van der Waals surface area contributed by atoms with E-state index in [0.717, 1.165) is 5.70 Å².